The van der Waals surface area contributed by atoms with Crippen LogP contribution in [-0.4, -0.2) is 44.6 Å². The monoisotopic (exact) mass is 422 g/mol. The fourth-order valence-corrected chi connectivity index (χ4v) is 3.55. The van der Waals surface area contributed by atoms with Crippen LogP contribution >= 0.6 is 22.6 Å². The van der Waals surface area contributed by atoms with Crippen molar-refractivity contribution in [1.29, 1.82) is 0 Å². The molecule has 0 radical (unpaired) electrons. The Kier molecular flexibility index (Phi) is 5.61. The van der Waals surface area contributed by atoms with Crippen LogP contribution in [0.2, 0.25) is 0 Å². The largest absolute Gasteiger partial charge is 0.334 e. The molecule has 1 aromatic rings. The van der Waals surface area contributed by atoms with Crippen LogP contribution in [0.25, 0.3) is 0 Å². The predicted molar refractivity (Wildman–Crippen MR) is 90.7 cm³/mol. The van der Waals surface area contributed by atoms with E-state index in [0.717, 1.165) is 29.1 Å². The van der Waals surface area contributed by atoms with Crippen molar-refractivity contribution in [3.8, 4) is 0 Å². The van der Waals surface area contributed by atoms with E-state index in [2.05, 4.69) is 27.3 Å². The van der Waals surface area contributed by atoms with Crippen LogP contribution in [0.15, 0.2) is 24.3 Å². The molecule has 1 heterocycles. The van der Waals surface area contributed by atoms with Gasteiger partial charge in [-0.1, -0.05) is 6.07 Å². The summed E-state index contributed by atoms with van der Waals surface area (Å²) in [6, 6.07) is 7.40. The minimum absolute atomic E-state index is 0.0199. The highest BCUT2D eigenvalue weighted by Crippen LogP contribution is 2.20. The van der Waals surface area contributed by atoms with Crippen LogP contribution in [0, 0.1) is 3.57 Å². The number of likely N-dealkylation sites (tertiary alicyclic amines) is 1. The molecule has 1 amide bonds. The Morgan fingerprint density at radius 3 is 2.86 bits per heavy atom. The number of nitrogens with zero attached hydrogens (tertiary/aromatic N) is 1. The lowest BCUT2D eigenvalue weighted by Crippen LogP contribution is -2.49. The van der Waals surface area contributed by atoms with E-state index in [0.29, 0.717) is 12.1 Å². The summed E-state index contributed by atoms with van der Waals surface area (Å²) < 4.78 is 26.0. The summed E-state index contributed by atoms with van der Waals surface area (Å²) in [5, 5.41) is 0. The summed E-state index contributed by atoms with van der Waals surface area (Å²) >= 11 is 2.18. The summed E-state index contributed by atoms with van der Waals surface area (Å²) in [7, 11) is -3.23. The normalized spacial score (nSPS) is 19.5. The molecule has 2 rings (SSSR count). The lowest BCUT2D eigenvalue weighted by molar-refractivity contribution is 0.0618. The maximum atomic E-state index is 12.6. The minimum atomic E-state index is -3.23. The van der Waals surface area contributed by atoms with Crippen LogP contribution in [0.1, 0.15) is 29.6 Å². The molecule has 1 aliphatic heterocycles. The first-order chi connectivity index (χ1) is 9.87. The zero-order valence-electron chi connectivity index (χ0n) is 11.9. The topological polar surface area (TPSA) is 66.5 Å². The van der Waals surface area contributed by atoms with Gasteiger partial charge in [-0.25, -0.2) is 13.1 Å². The van der Waals surface area contributed by atoms with Gasteiger partial charge in [-0.05, 0) is 60.1 Å². The van der Waals surface area contributed by atoms with E-state index in [-0.39, 0.29) is 18.5 Å². The standard InChI is InChI=1S/C14H19IN2O3S/c1-21(19,20)16-10-13-7-2-3-8-17(13)14(18)11-5-4-6-12(15)9-11/h4-6,9,13,16H,2-3,7-8,10H2,1H3. The second-order valence-electron chi connectivity index (χ2n) is 5.28. The van der Waals surface area contributed by atoms with Gasteiger partial charge in [-0.15, -0.1) is 0 Å². The third kappa shape index (κ3) is 4.93. The van der Waals surface area contributed by atoms with Crippen molar-refractivity contribution >= 4 is 38.5 Å². The highest BCUT2D eigenvalue weighted by Gasteiger charge is 2.28. The van der Waals surface area contributed by atoms with Gasteiger partial charge in [-0.3, -0.25) is 4.79 Å². The average Bonchev–Trinajstić information content (AvgIpc) is 2.44. The van der Waals surface area contributed by atoms with Gasteiger partial charge in [-0.2, -0.15) is 0 Å². The Morgan fingerprint density at radius 2 is 2.19 bits per heavy atom. The molecule has 7 heteroatoms. The first kappa shape index (κ1) is 16.7. The van der Waals surface area contributed by atoms with Crippen molar-refractivity contribution in [3.05, 3.63) is 33.4 Å². The number of carbonyl (C=O) groups is 1. The molecular formula is C14H19IN2O3S. The molecule has 1 unspecified atom stereocenters. The van der Waals surface area contributed by atoms with E-state index >= 15 is 0 Å². The fraction of sp³-hybridized carbons (Fsp3) is 0.500. The van der Waals surface area contributed by atoms with E-state index in [1.807, 2.05) is 18.2 Å². The number of amides is 1. The molecule has 0 aliphatic carbocycles. The molecule has 1 aromatic carbocycles. The number of hydrogen-bond donors (Lipinski definition) is 1. The molecule has 1 atom stereocenters. The quantitative estimate of drug-likeness (QED) is 0.754. The van der Waals surface area contributed by atoms with Crippen LogP contribution < -0.4 is 4.72 Å². The Labute approximate surface area is 139 Å². The second kappa shape index (κ2) is 7.06. The number of carbonyl (C=O) groups excluding carboxylic acids is 1. The first-order valence-corrected chi connectivity index (χ1v) is 9.85. The van der Waals surface area contributed by atoms with Gasteiger partial charge in [0, 0.05) is 28.3 Å². The van der Waals surface area contributed by atoms with E-state index in [4.69, 9.17) is 0 Å². The van der Waals surface area contributed by atoms with Crippen LogP contribution in [0.5, 0.6) is 0 Å². The number of nitrogens with one attached hydrogen (secondary N) is 1. The molecule has 0 bridgehead atoms. The maximum Gasteiger partial charge on any atom is 0.254 e. The van der Waals surface area contributed by atoms with Crippen molar-refractivity contribution in [3.63, 3.8) is 0 Å². The molecule has 0 aromatic heterocycles. The van der Waals surface area contributed by atoms with Gasteiger partial charge in [0.1, 0.15) is 0 Å². The predicted octanol–water partition coefficient (Wildman–Crippen LogP) is 1.84. The summed E-state index contributed by atoms with van der Waals surface area (Å²) in [6.07, 6.45) is 3.96. The van der Waals surface area contributed by atoms with Gasteiger partial charge in [0.25, 0.3) is 5.91 Å². The number of hydrogen-bond acceptors (Lipinski definition) is 3. The molecule has 5 nitrogen and oxygen atoms in total. The summed E-state index contributed by atoms with van der Waals surface area (Å²) in [5.41, 5.74) is 0.660. The Morgan fingerprint density at radius 1 is 1.43 bits per heavy atom. The van der Waals surface area contributed by atoms with Crippen LogP contribution in [0.4, 0.5) is 0 Å². The molecule has 0 saturated carbocycles. The van der Waals surface area contributed by atoms with Crippen LogP contribution in [-0.2, 0) is 10.0 Å². The zero-order valence-corrected chi connectivity index (χ0v) is 14.9. The molecule has 1 aliphatic rings. The first-order valence-electron chi connectivity index (χ1n) is 6.88. The van der Waals surface area contributed by atoms with Crippen molar-refractivity contribution in [2.45, 2.75) is 25.3 Å². The maximum absolute atomic E-state index is 12.6. The summed E-state index contributed by atoms with van der Waals surface area (Å²) in [5.74, 6) is -0.0199. The van der Waals surface area contributed by atoms with Crippen molar-refractivity contribution in [1.82, 2.24) is 9.62 Å². The summed E-state index contributed by atoms with van der Waals surface area (Å²) in [6.45, 7) is 0.967. The second-order valence-corrected chi connectivity index (χ2v) is 8.36. The van der Waals surface area contributed by atoms with Gasteiger partial charge in [0.15, 0.2) is 0 Å². The van der Waals surface area contributed by atoms with Gasteiger partial charge in [0.05, 0.1) is 6.26 Å². The van der Waals surface area contributed by atoms with Crippen molar-refractivity contribution in [2.24, 2.45) is 0 Å². The lowest BCUT2D eigenvalue weighted by atomic mass is 10.0. The number of benzene rings is 1. The lowest BCUT2D eigenvalue weighted by Gasteiger charge is -2.35. The number of sulfonamides is 1. The number of rotatable bonds is 4. The van der Waals surface area contributed by atoms with Gasteiger partial charge >= 0.3 is 0 Å². The average molecular weight is 422 g/mol. The summed E-state index contributed by atoms with van der Waals surface area (Å²) in [4.78, 5) is 14.4. The van der Waals surface area contributed by atoms with Crippen molar-refractivity contribution in [2.75, 3.05) is 19.3 Å². The SMILES string of the molecule is CS(=O)(=O)NCC1CCCCN1C(=O)c1cccc(I)c1. The molecule has 0 spiro atoms. The van der Waals surface area contributed by atoms with E-state index < -0.39 is 10.0 Å². The van der Waals surface area contributed by atoms with E-state index in [9.17, 15) is 13.2 Å². The highest BCUT2D eigenvalue weighted by atomic mass is 127. The third-order valence-electron chi connectivity index (χ3n) is 3.54. The smallest absolute Gasteiger partial charge is 0.254 e. The molecule has 116 valence electrons. The molecule has 21 heavy (non-hydrogen) atoms. The highest BCUT2D eigenvalue weighted by molar-refractivity contribution is 14.1. The molecular weight excluding hydrogens is 403 g/mol. The van der Waals surface area contributed by atoms with E-state index in [1.54, 1.807) is 11.0 Å². The van der Waals surface area contributed by atoms with E-state index in [1.165, 1.54) is 0 Å². The zero-order chi connectivity index (χ0) is 15.5. The Hall–Kier alpha value is -0.670. The van der Waals surface area contributed by atoms with Crippen LogP contribution in [0.3, 0.4) is 0 Å². The van der Waals surface area contributed by atoms with Gasteiger partial charge < -0.3 is 4.90 Å². The third-order valence-corrected chi connectivity index (χ3v) is 4.90. The Bertz CT molecular complexity index is 618. The minimum Gasteiger partial charge on any atom is -0.334 e. The van der Waals surface area contributed by atoms with Gasteiger partial charge in [0.2, 0.25) is 10.0 Å². The van der Waals surface area contributed by atoms with Crippen molar-refractivity contribution < 1.29 is 13.2 Å². The number of halogens is 1. The number of piperidine rings is 1. The Balaban J connectivity index is 2.12. The molecule has 1 N–H and O–H groups in total. The molecule has 1 fully saturated rings. The fourth-order valence-electron chi connectivity index (χ4n) is 2.52. The molecule has 1 saturated heterocycles.